The molecule has 1 heterocycles. The zero-order valence-electron chi connectivity index (χ0n) is 10.7. The Kier molecular flexibility index (Phi) is 3.74. The molecule has 0 radical (unpaired) electrons. The molecule has 0 fully saturated rings. The summed E-state index contributed by atoms with van der Waals surface area (Å²) in [5.41, 5.74) is 1.54. The smallest absolute Gasteiger partial charge is 0.130 e. The predicted molar refractivity (Wildman–Crippen MR) is 77.3 cm³/mol. The zero-order valence-corrected chi connectivity index (χ0v) is 12.2. The molecule has 0 bridgehead atoms. The lowest BCUT2D eigenvalue weighted by atomic mass is 9.87. The second kappa shape index (κ2) is 5.52. The third-order valence-corrected chi connectivity index (χ3v) is 4.75. The van der Waals surface area contributed by atoms with Crippen molar-refractivity contribution >= 4 is 15.9 Å². The molecule has 0 saturated heterocycles. The molecular weight excluding hydrogens is 326 g/mol. The largest absolute Gasteiger partial charge is 0.493 e. The zero-order chi connectivity index (χ0) is 14.1. The molecule has 0 amide bonds. The van der Waals surface area contributed by atoms with E-state index in [1.165, 1.54) is 12.1 Å². The summed E-state index contributed by atoms with van der Waals surface area (Å²) in [7, 11) is 0. The fraction of sp³-hybridized carbons (Fsp3) is 0.250. The van der Waals surface area contributed by atoms with E-state index >= 15 is 0 Å². The normalized spacial score (nSPS) is 19.1. The highest BCUT2D eigenvalue weighted by Crippen LogP contribution is 2.46. The van der Waals surface area contributed by atoms with Gasteiger partial charge < -0.3 is 4.74 Å². The number of para-hydroxylation sites is 1. The molecule has 1 nitrogen and oxygen atoms in total. The molecule has 0 aromatic heterocycles. The van der Waals surface area contributed by atoms with E-state index in [-0.39, 0.29) is 10.7 Å². The molecule has 0 saturated carbocycles. The van der Waals surface area contributed by atoms with E-state index in [0.29, 0.717) is 12.2 Å². The number of halogens is 3. The van der Waals surface area contributed by atoms with Gasteiger partial charge in [-0.2, -0.15) is 0 Å². The topological polar surface area (TPSA) is 9.23 Å². The first-order chi connectivity index (χ1) is 9.66. The summed E-state index contributed by atoms with van der Waals surface area (Å²) in [6, 6.07) is 11.5. The molecule has 0 aliphatic carbocycles. The molecule has 0 N–H and O–H groups in total. The van der Waals surface area contributed by atoms with Crippen molar-refractivity contribution in [2.75, 3.05) is 6.61 Å². The van der Waals surface area contributed by atoms with Crippen LogP contribution in [0.5, 0.6) is 5.75 Å². The van der Waals surface area contributed by atoms with Crippen LogP contribution in [0.3, 0.4) is 0 Å². The lowest BCUT2D eigenvalue weighted by Gasteiger charge is -2.29. The van der Waals surface area contributed by atoms with Crippen LogP contribution in [0.15, 0.2) is 42.5 Å². The summed E-state index contributed by atoms with van der Waals surface area (Å²) in [5.74, 6) is -0.121. The van der Waals surface area contributed by atoms with Crippen molar-refractivity contribution in [3.63, 3.8) is 0 Å². The van der Waals surface area contributed by atoms with Gasteiger partial charge in [0.1, 0.15) is 17.4 Å². The summed E-state index contributed by atoms with van der Waals surface area (Å²) >= 11 is 3.57. The van der Waals surface area contributed by atoms with Crippen LogP contribution in [-0.2, 0) is 0 Å². The van der Waals surface area contributed by atoms with Crippen LogP contribution >= 0.6 is 15.9 Å². The number of rotatable bonds is 2. The lowest BCUT2D eigenvalue weighted by molar-refractivity contribution is 0.265. The summed E-state index contributed by atoms with van der Waals surface area (Å²) < 4.78 is 32.6. The Balaban J connectivity index is 1.97. The van der Waals surface area contributed by atoms with E-state index in [2.05, 4.69) is 15.9 Å². The Labute approximate surface area is 124 Å². The van der Waals surface area contributed by atoms with Gasteiger partial charge in [0.25, 0.3) is 0 Å². The van der Waals surface area contributed by atoms with E-state index in [9.17, 15) is 8.78 Å². The number of ether oxygens (including phenoxy) is 1. The maximum absolute atomic E-state index is 13.9. The van der Waals surface area contributed by atoms with Gasteiger partial charge in [0.15, 0.2) is 0 Å². The Morgan fingerprint density at radius 2 is 1.95 bits per heavy atom. The fourth-order valence-corrected chi connectivity index (χ4v) is 3.54. The lowest BCUT2D eigenvalue weighted by Crippen LogP contribution is -2.18. The fourth-order valence-electron chi connectivity index (χ4n) is 2.62. The standard InChI is InChI=1S/C16H13BrF2O/c17-16(13-6-5-10(18)9-14(13)19)12-7-8-20-15-4-2-1-3-11(12)15/h1-6,9,12,16H,7-8H2. The van der Waals surface area contributed by atoms with Crippen molar-refractivity contribution in [1.82, 2.24) is 0 Å². The minimum absolute atomic E-state index is 0.111. The number of hydrogen-bond donors (Lipinski definition) is 0. The van der Waals surface area contributed by atoms with Gasteiger partial charge in [0, 0.05) is 22.4 Å². The molecule has 1 aliphatic rings. The maximum Gasteiger partial charge on any atom is 0.130 e. The van der Waals surface area contributed by atoms with Crippen LogP contribution in [0.25, 0.3) is 0 Å². The van der Waals surface area contributed by atoms with Crippen molar-refractivity contribution < 1.29 is 13.5 Å². The summed E-state index contributed by atoms with van der Waals surface area (Å²) in [4.78, 5) is -0.201. The van der Waals surface area contributed by atoms with Crippen molar-refractivity contribution in [1.29, 1.82) is 0 Å². The Hall–Kier alpha value is -1.42. The van der Waals surface area contributed by atoms with Crippen molar-refractivity contribution in [2.45, 2.75) is 17.2 Å². The Bertz CT molecular complexity index is 630. The van der Waals surface area contributed by atoms with Gasteiger partial charge >= 0.3 is 0 Å². The van der Waals surface area contributed by atoms with Crippen molar-refractivity contribution in [2.24, 2.45) is 0 Å². The summed E-state index contributed by atoms with van der Waals surface area (Å²) in [6.07, 6.45) is 0.795. The number of hydrogen-bond acceptors (Lipinski definition) is 1. The molecule has 0 spiro atoms. The highest BCUT2D eigenvalue weighted by atomic mass is 79.9. The van der Waals surface area contributed by atoms with Crippen LogP contribution < -0.4 is 4.74 Å². The average molecular weight is 339 g/mol. The summed E-state index contributed by atoms with van der Waals surface area (Å²) in [5, 5.41) is 0. The highest BCUT2D eigenvalue weighted by molar-refractivity contribution is 9.09. The SMILES string of the molecule is Fc1ccc(C(Br)C2CCOc3ccccc32)c(F)c1. The van der Waals surface area contributed by atoms with Gasteiger partial charge in [-0.25, -0.2) is 8.78 Å². The second-order valence-corrected chi connectivity index (χ2v) is 5.84. The quantitative estimate of drug-likeness (QED) is 0.702. The van der Waals surface area contributed by atoms with Gasteiger partial charge in [-0.3, -0.25) is 0 Å². The number of alkyl halides is 1. The molecule has 2 atom stereocenters. The van der Waals surface area contributed by atoms with Crippen LogP contribution in [-0.4, -0.2) is 6.61 Å². The number of fused-ring (bicyclic) bond motifs is 1. The highest BCUT2D eigenvalue weighted by Gasteiger charge is 2.29. The maximum atomic E-state index is 13.9. The Morgan fingerprint density at radius 1 is 1.15 bits per heavy atom. The van der Waals surface area contributed by atoms with E-state index in [4.69, 9.17) is 4.74 Å². The van der Waals surface area contributed by atoms with Crippen LogP contribution in [0.1, 0.15) is 28.3 Å². The van der Waals surface area contributed by atoms with Gasteiger partial charge in [-0.15, -0.1) is 0 Å². The van der Waals surface area contributed by atoms with E-state index < -0.39 is 11.6 Å². The first-order valence-electron chi connectivity index (χ1n) is 6.47. The molecule has 20 heavy (non-hydrogen) atoms. The molecule has 1 aliphatic heterocycles. The van der Waals surface area contributed by atoms with E-state index in [0.717, 1.165) is 23.8 Å². The first kappa shape index (κ1) is 13.6. The average Bonchev–Trinajstić information content (AvgIpc) is 2.46. The van der Waals surface area contributed by atoms with Gasteiger partial charge in [0.2, 0.25) is 0 Å². The van der Waals surface area contributed by atoms with Crippen molar-refractivity contribution in [3.8, 4) is 5.75 Å². The molecule has 2 aromatic carbocycles. The van der Waals surface area contributed by atoms with E-state index in [1.54, 1.807) is 0 Å². The van der Waals surface area contributed by atoms with Crippen LogP contribution in [0.4, 0.5) is 8.78 Å². The molecule has 3 rings (SSSR count). The third kappa shape index (κ3) is 2.44. The van der Waals surface area contributed by atoms with E-state index in [1.807, 2.05) is 24.3 Å². The minimum Gasteiger partial charge on any atom is -0.493 e. The first-order valence-corrected chi connectivity index (χ1v) is 7.39. The van der Waals surface area contributed by atoms with Crippen LogP contribution in [0, 0.1) is 11.6 Å². The van der Waals surface area contributed by atoms with Gasteiger partial charge in [-0.05, 0) is 24.1 Å². The van der Waals surface area contributed by atoms with Gasteiger partial charge in [-0.1, -0.05) is 40.2 Å². The van der Waals surface area contributed by atoms with Gasteiger partial charge in [0.05, 0.1) is 6.61 Å². The monoisotopic (exact) mass is 338 g/mol. The van der Waals surface area contributed by atoms with Crippen molar-refractivity contribution in [3.05, 3.63) is 65.2 Å². The second-order valence-electron chi connectivity index (χ2n) is 4.85. The van der Waals surface area contributed by atoms with Crippen LogP contribution in [0.2, 0.25) is 0 Å². The Morgan fingerprint density at radius 3 is 2.75 bits per heavy atom. The summed E-state index contributed by atoms with van der Waals surface area (Å²) in [6.45, 7) is 0.604. The number of benzene rings is 2. The molecular formula is C16H13BrF2O. The predicted octanol–water partition coefficient (Wildman–Crippen LogP) is 4.97. The third-order valence-electron chi connectivity index (χ3n) is 3.62. The minimum atomic E-state index is -0.557. The molecule has 4 heteroatoms. The molecule has 2 aromatic rings. The molecule has 104 valence electrons. The molecule has 2 unspecified atom stereocenters.